The zero-order valence-corrected chi connectivity index (χ0v) is 11.0. The van der Waals surface area contributed by atoms with Crippen LogP contribution in [0, 0.1) is 33.3 Å². The molecule has 0 radical (unpaired) electrons. The third-order valence-corrected chi connectivity index (χ3v) is 3.78. The third kappa shape index (κ3) is 3.03. The topological polar surface area (TPSA) is 112 Å². The Hall–Kier alpha value is -2.20. The maximum absolute atomic E-state index is 11.0. The van der Waals surface area contributed by atoms with Crippen molar-refractivity contribution >= 4 is 11.5 Å². The lowest BCUT2D eigenvalue weighted by atomic mass is 9.97. The summed E-state index contributed by atoms with van der Waals surface area (Å²) in [5.74, 6) is 0.731. The fourth-order valence-electron chi connectivity index (χ4n) is 2.64. The van der Waals surface area contributed by atoms with Crippen molar-refractivity contribution in [3.05, 3.63) is 27.9 Å². The van der Waals surface area contributed by atoms with Gasteiger partial charge in [-0.3, -0.25) is 10.1 Å². The van der Waals surface area contributed by atoms with Gasteiger partial charge >= 0.3 is 5.69 Å². The number of hydrogen-bond acceptors (Lipinski definition) is 6. The van der Waals surface area contributed by atoms with E-state index in [9.17, 15) is 15.2 Å². The summed E-state index contributed by atoms with van der Waals surface area (Å²) < 4.78 is 0. The van der Waals surface area contributed by atoms with E-state index in [0.29, 0.717) is 12.5 Å². The highest BCUT2D eigenvalue weighted by Gasteiger charge is 2.27. The molecule has 0 spiro atoms. The van der Waals surface area contributed by atoms with Gasteiger partial charge in [0.15, 0.2) is 0 Å². The Balaban J connectivity index is 2.09. The molecule has 1 fully saturated rings. The van der Waals surface area contributed by atoms with E-state index in [-0.39, 0.29) is 29.6 Å². The molecule has 2 rings (SSSR count). The van der Waals surface area contributed by atoms with E-state index in [0.717, 1.165) is 19.3 Å². The van der Waals surface area contributed by atoms with Crippen LogP contribution in [0.2, 0.25) is 0 Å². The molecular formula is C13H16N4O3. The SMILES string of the molecule is N#Cc1cnc(NCC2CCCC2CO)c([N+](=O)[O-])c1. The van der Waals surface area contributed by atoms with Crippen LogP contribution in [0.25, 0.3) is 0 Å². The molecule has 0 amide bonds. The Kier molecular flexibility index (Phi) is 4.48. The Morgan fingerprint density at radius 1 is 1.55 bits per heavy atom. The average molecular weight is 276 g/mol. The summed E-state index contributed by atoms with van der Waals surface area (Å²) in [5.41, 5.74) is -0.0288. The first-order valence-corrected chi connectivity index (χ1v) is 6.55. The summed E-state index contributed by atoms with van der Waals surface area (Å²) in [6, 6.07) is 3.05. The first-order chi connectivity index (χ1) is 9.65. The number of aliphatic hydroxyl groups is 1. The van der Waals surface area contributed by atoms with Crippen LogP contribution in [0.4, 0.5) is 11.5 Å². The lowest BCUT2D eigenvalue weighted by Crippen LogP contribution is -2.21. The van der Waals surface area contributed by atoms with Crippen LogP contribution < -0.4 is 5.32 Å². The molecule has 1 aliphatic rings. The van der Waals surface area contributed by atoms with Crippen molar-refractivity contribution in [1.82, 2.24) is 4.98 Å². The maximum atomic E-state index is 11.0. The molecule has 1 aromatic heterocycles. The normalized spacial score (nSPS) is 21.4. The smallest absolute Gasteiger partial charge is 0.312 e. The lowest BCUT2D eigenvalue weighted by Gasteiger charge is -2.17. The minimum Gasteiger partial charge on any atom is -0.396 e. The monoisotopic (exact) mass is 276 g/mol. The number of nitrogens with zero attached hydrogens (tertiary/aromatic N) is 3. The molecule has 1 heterocycles. The van der Waals surface area contributed by atoms with Gasteiger partial charge in [-0.2, -0.15) is 5.26 Å². The van der Waals surface area contributed by atoms with Gasteiger partial charge in [0.05, 0.1) is 10.5 Å². The number of aromatic nitrogens is 1. The highest BCUT2D eigenvalue weighted by Crippen LogP contribution is 2.32. The van der Waals surface area contributed by atoms with E-state index in [2.05, 4.69) is 10.3 Å². The highest BCUT2D eigenvalue weighted by molar-refractivity contribution is 5.58. The number of hydrogen-bond donors (Lipinski definition) is 2. The maximum Gasteiger partial charge on any atom is 0.312 e. The Labute approximate surface area is 116 Å². The van der Waals surface area contributed by atoms with E-state index < -0.39 is 4.92 Å². The van der Waals surface area contributed by atoms with E-state index >= 15 is 0 Å². The first-order valence-electron chi connectivity index (χ1n) is 6.55. The zero-order valence-electron chi connectivity index (χ0n) is 11.0. The van der Waals surface area contributed by atoms with Crippen LogP contribution in [0.3, 0.4) is 0 Å². The fraction of sp³-hybridized carbons (Fsp3) is 0.538. The minimum absolute atomic E-state index is 0.148. The fourth-order valence-corrected chi connectivity index (χ4v) is 2.64. The molecule has 106 valence electrons. The number of nitro groups is 1. The number of rotatable bonds is 5. The second-order valence-electron chi connectivity index (χ2n) is 4.98. The number of nitrogens with one attached hydrogen (secondary N) is 1. The summed E-state index contributed by atoms with van der Waals surface area (Å²) in [6.45, 7) is 0.695. The van der Waals surface area contributed by atoms with Crippen LogP contribution in [0.5, 0.6) is 0 Å². The first kappa shape index (κ1) is 14.2. The van der Waals surface area contributed by atoms with Crippen LogP contribution in [-0.2, 0) is 0 Å². The van der Waals surface area contributed by atoms with Gasteiger partial charge in [0.25, 0.3) is 0 Å². The van der Waals surface area contributed by atoms with Crippen LogP contribution >= 0.6 is 0 Å². The van der Waals surface area contributed by atoms with Gasteiger partial charge in [-0.15, -0.1) is 0 Å². The molecule has 1 aromatic rings. The van der Waals surface area contributed by atoms with Crippen LogP contribution in [0.1, 0.15) is 24.8 Å². The number of pyridine rings is 1. The van der Waals surface area contributed by atoms with Gasteiger partial charge in [-0.05, 0) is 24.7 Å². The predicted molar refractivity (Wildman–Crippen MR) is 72.0 cm³/mol. The van der Waals surface area contributed by atoms with Gasteiger partial charge in [0, 0.05) is 25.4 Å². The van der Waals surface area contributed by atoms with Crippen molar-refractivity contribution in [3.63, 3.8) is 0 Å². The number of anilines is 1. The summed E-state index contributed by atoms with van der Waals surface area (Å²) in [4.78, 5) is 14.4. The van der Waals surface area contributed by atoms with Gasteiger partial charge in [0.2, 0.25) is 5.82 Å². The van der Waals surface area contributed by atoms with Gasteiger partial charge in [-0.25, -0.2) is 4.98 Å². The van der Waals surface area contributed by atoms with Gasteiger partial charge < -0.3 is 10.4 Å². The summed E-state index contributed by atoms with van der Waals surface area (Å²) in [5, 5.41) is 32.0. The van der Waals surface area contributed by atoms with Crippen molar-refractivity contribution in [3.8, 4) is 6.07 Å². The van der Waals surface area contributed by atoms with Crippen LogP contribution in [-0.4, -0.2) is 28.2 Å². The quantitative estimate of drug-likeness (QED) is 0.625. The Morgan fingerprint density at radius 2 is 2.30 bits per heavy atom. The van der Waals surface area contributed by atoms with Gasteiger partial charge in [-0.1, -0.05) is 6.42 Å². The van der Waals surface area contributed by atoms with E-state index in [1.54, 1.807) is 0 Å². The van der Waals surface area contributed by atoms with Crippen molar-refractivity contribution < 1.29 is 10.0 Å². The second kappa shape index (κ2) is 6.30. The second-order valence-corrected chi connectivity index (χ2v) is 4.98. The Bertz CT molecular complexity index is 541. The van der Waals surface area contributed by atoms with Crippen molar-refractivity contribution in [2.24, 2.45) is 11.8 Å². The van der Waals surface area contributed by atoms with E-state index in [4.69, 9.17) is 5.26 Å². The predicted octanol–water partition coefficient (Wildman–Crippen LogP) is 1.68. The van der Waals surface area contributed by atoms with Crippen LogP contribution in [0.15, 0.2) is 12.3 Å². The van der Waals surface area contributed by atoms with Crippen molar-refractivity contribution in [2.45, 2.75) is 19.3 Å². The van der Waals surface area contributed by atoms with Gasteiger partial charge in [0.1, 0.15) is 6.07 Å². The molecule has 2 unspecified atom stereocenters. The van der Waals surface area contributed by atoms with Crippen molar-refractivity contribution in [1.29, 1.82) is 5.26 Å². The largest absolute Gasteiger partial charge is 0.396 e. The summed E-state index contributed by atoms with van der Waals surface area (Å²) in [7, 11) is 0. The molecule has 1 saturated carbocycles. The average Bonchev–Trinajstić information content (AvgIpc) is 2.92. The molecule has 2 N–H and O–H groups in total. The summed E-state index contributed by atoms with van der Waals surface area (Å²) >= 11 is 0. The molecule has 0 saturated heterocycles. The zero-order chi connectivity index (χ0) is 14.5. The minimum atomic E-state index is -0.547. The van der Waals surface area contributed by atoms with E-state index in [1.165, 1.54) is 12.3 Å². The molecule has 0 aliphatic heterocycles. The number of aliphatic hydroxyl groups excluding tert-OH is 1. The third-order valence-electron chi connectivity index (χ3n) is 3.78. The summed E-state index contributed by atoms with van der Waals surface area (Å²) in [6.07, 6.45) is 4.38. The molecule has 1 aliphatic carbocycles. The Morgan fingerprint density at radius 3 is 2.95 bits per heavy atom. The molecular weight excluding hydrogens is 260 g/mol. The molecule has 7 nitrogen and oxygen atoms in total. The van der Waals surface area contributed by atoms with E-state index in [1.807, 2.05) is 6.07 Å². The number of nitriles is 1. The molecule has 2 atom stereocenters. The molecule has 7 heteroatoms. The standard InChI is InChI=1S/C13H16N4O3/c14-5-9-4-12(17(19)20)13(15-6-9)16-7-10-2-1-3-11(10)8-18/h4,6,10-11,18H,1-3,7-8H2,(H,15,16). The molecule has 20 heavy (non-hydrogen) atoms. The van der Waals surface area contributed by atoms with Crippen molar-refractivity contribution in [2.75, 3.05) is 18.5 Å². The molecule has 0 bridgehead atoms. The lowest BCUT2D eigenvalue weighted by molar-refractivity contribution is -0.384. The molecule has 0 aromatic carbocycles. The highest BCUT2D eigenvalue weighted by atomic mass is 16.6.